The molecule has 2 amide bonds. The summed E-state index contributed by atoms with van der Waals surface area (Å²) in [5.74, 6) is -2.57. The fraction of sp³-hybridized carbons (Fsp3) is 0.500. The van der Waals surface area contributed by atoms with E-state index < -0.39 is 23.4 Å². The lowest BCUT2D eigenvalue weighted by molar-refractivity contribution is -0.152. The van der Waals surface area contributed by atoms with E-state index in [1.807, 2.05) is 13.8 Å². The highest BCUT2D eigenvalue weighted by Crippen LogP contribution is 2.40. The Kier molecular flexibility index (Phi) is 4.52. The zero-order chi connectivity index (χ0) is 16.5. The number of thiophene rings is 1. The fourth-order valence-corrected chi connectivity index (χ4v) is 3.38. The lowest BCUT2D eigenvalue weighted by Crippen LogP contribution is -2.32. The summed E-state index contributed by atoms with van der Waals surface area (Å²) in [7, 11) is 0. The molecule has 0 radical (unpaired) electrons. The van der Waals surface area contributed by atoms with Crippen molar-refractivity contribution in [3.8, 4) is 0 Å². The highest BCUT2D eigenvalue weighted by molar-refractivity contribution is 7.17. The number of anilines is 1. The summed E-state index contributed by atoms with van der Waals surface area (Å²) in [6.07, 6.45) is 0.506. The average Bonchev–Trinajstić information content (AvgIpc) is 2.74. The summed E-state index contributed by atoms with van der Waals surface area (Å²) < 4.78 is 10.3. The molecule has 7 nitrogen and oxygen atoms in total. The number of nitrogens with one attached hydrogen (secondary N) is 1. The molecule has 0 unspecified atom stereocenters. The van der Waals surface area contributed by atoms with Crippen LogP contribution in [0.25, 0.3) is 0 Å². The maximum absolute atomic E-state index is 11.8. The van der Waals surface area contributed by atoms with E-state index in [-0.39, 0.29) is 17.2 Å². The molecule has 0 bridgehead atoms. The third-order valence-corrected chi connectivity index (χ3v) is 4.34. The molecule has 0 atom stereocenters. The van der Waals surface area contributed by atoms with E-state index in [1.54, 1.807) is 6.92 Å². The molecule has 0 fully saturated rings. The van der Waals surface area contributed by atoms with Gasteiger partial charge in [0.2, 0.25) is 0 Å². The van der Waals surface area contributed by atoms with E-state index in [9.17, 15) is 14.4 Å². The third-order valence-electron chi connectivity index (χ3n) is 3.22. The molecule has 22 heavy (non-hydrogen) atoms. The molecule has 0 saturated carbocycles. The number of rotatable bonds is 3. The highest BCUT2D eigenvalue weighted by atomic mass is 32.1. The van der Waals surface area contributed by atoms with Crippen LogP contribution in [0, 0.1) is 0 Å². The highest BCUT2D eigenvalue weighted by Gasteiger charge is 2.33. The first-order chi connectivity index (χ1) is 10.2. The maximum Gasteiger partial charge on any atom is 0.397 e. The summed E-state index contributed by atoms with van der Waals surface area (Å²) in [5, 5.41) is 2.67. The van der Waals surface area contributed by atoms with Gasteiger partial charge in [-0.3, -0.25) is 9.59 Å². The van der Waals surface area contributed by atoms with E-state index in [0.717, 1.165) is 10.4 Å². The molecule has 0 aromatic carbocycles. The van der Waals surface area contributed by atoms with E-state index in [0.29, 0.717) is 13.0 Å². The molecule has 2 heterocycles. The Morgan fingerprint density at radius 1 is 1.41 bits per heavy atom. The first-order valence-electron chi connectivity index (χ1n) is 6.81. The van der Waals surface area contributed by atoms with Crippen molar-refractivity contribution in [1.29, 1.82) is 0 Å². The van der Waals surface area contributed by atoms with Crippen molar-refractivity contribution in [3.05, 3.63) is 16.0 Å². The largest absolute Gasteiger partial charge is 0.459 e. The molecule has 8 heteroatoms. The molecule has 1 aliphatic heterocycles. The standard InChI is InChI=1S/C14H18N2O5S/c1-4-20-13(19)11(18)16-12-9(10(15)17)7-5-14(2,3)21-6-8(7)22-12/h4-6H2,1-3H3,(H2,15,17)(H,16,18). The van der Waals surface area contributed by atoms with Crippen molar-refractivity contribution in [2.45, 2.75) is 39.4 Å². The van der Waals surface area contributed by atoms with Gasteiger partial charge in [0.05, 0.1) is 24.4 Å². The van der Waals surface area contributed by atoms with Gasteiger partial charge in [0.15, 0.2) is 0 Å². The minimum Gasteiger partial charge on any atom is -0.459 e. The van der Waals surface area contributed by atoms with Crippen LogP contribution in [0.2, 0.25) is 0 Å². The van der Waals surface area contributed by atoms with Crippen LogP contribution in [0.1, 0.15) is 41.6 Å². The molecule has 120 valence electrons. The molecule has 0 aliphatic carbocycles. The van der Waals surface area contributed by atoms with Gasteiger partial charge in [-0.25, -0.2) is 4.79 Å². The SMILES string of the molecule is CCOC(=O)C(=O)Nc1sc2c(c1C(N)=O)CC(C)(C)OC2. The first-order valence-corrected chi connectivity index (χ1v) is 7.63. The minimum absolute atomic E-state index is 0.0951. The van der Waals surface area contributed by atoms with E-state index >= 15 is 0 Å². The lowest BCUT2D eigenvalue weighted by Gasteiger charge is -2.30. The van der Waals surface area contributed by atoms with E-state index in [2.05, 4.69) is 10.1 Å². The number of primary amides is 1. The predicted molar refractivity (Wildman–Crippen MR) is 80.7 cm³/mol. The Balaban J connectivity index is 2.33. The van der Waals surface area contributed by atoms with Crippen LogP contribution in [0.15, 0.2) is 0 Å². The van der Waals surface area contributed by atoms with E-state index in [4.69, 9.17) is 10.5 Å². The van der Waals surface area contributed by atoms with Crippen LogP contribution in [0.5, 0.6) is 0 Å². The fourth-order valence-electron chi connectivity index (χ4n) is 2.25. The number of ether oxygens (including phenoxy) is 2. The van der Waals surface area contributed by atoms with Crippen LogP contribution in [-0.4, -0.2) is 30.0 Å². The van der Waals surface area contributed by atoms with Crippen LogP contribution in [0.3, 0.4) is 0 Å². The Hall–Kier alpha value is -1.93. The number of hydrogen-bond donors (Lipinski definition) is 2. The second-order valence-corrected chi connectivity index (χ2v) is 6.58. The van der Waals surface area contributed by atoms with E-state index in [1.165, 1.54) is 11.3 Å². The van der Waals surface area contributed by atoms with Crippen molar-refractivity contribution < 1.29 is 23.9 Å². The number of esters is 1. The van der Waals surface area contributed by atoms with Crippen molar-refractivity contribution >= 4 is 34.1 Å². The predicted octanol–water partition coefficient (Wildman–Crippen LogP) is 1.20. The molecule has 1 aliphatic rings. The molecule has 3 N–H and O–H groups in total. The van der Waals surface area contributed by atoms with Gasteiger partial charge in [-0.2, -0.15) is 0 Å². The van der Waals surface area contributed by atoms with Gasteiger partial charge in [-0.15, -0.1) is 11.3 Å². The summed E-state index contributed by atoms with van der Waals surface area (Å²) in [6.45, 7) is 5.86. The first kappa shape index (κ1) is 16.4. The molecule has 0 spiro atoms. The van der Waals surface area contributed by atoms with Gasteiger partial charge < -0.3 is 20.5 Å². The number of fused-ring (bicyclic) bond motifs is 1. The van der Waals surface area contributed by atoms with Crippen LogP contribution in [-0.2, 0) is 32.1 Å². The summed E-state index contributed by atoms with van der Waals surface area (Å²) >= 11 is 1.19. The number of amides is 2. The topological polar surface area (TPSA) is 108 Å². The maximum atomic E-state index is 11.8. The van der Waals surface area contributed by atoms with Gasteiger partial charge >= 0.3 is 11.9 Å². The van der Waals surface area contributed by atoms with Gasteiger partial charge in [0.1, 0.15) is 5.00 Å². The van der Waals surface area contributed by atoms with Crippen molar-refractivity contribution in [2.24, 2.45) is 5.73 Å². The van der Waals surface area contributed by atoms with Crippen LogP contribution in [0.4, 0.5) is 5.00 Å². The Morgan fingerprint density at radius 3 is 2.68 bits per heavy atom. The molecule has 2 rings (SSSR count). The summed E-state index contributed by atoms with van der Waals surface area (Å²) in [4.78, 5) is 35.7. The van der Waals surface area contributed by atoms with Gasteiger partial charge in [0.25, 0.3) is 5.91 Å². The number of nitrogens with two attached hydrogens (primary N) is 1. The smallest absolute Gasteiger partial charge is 0.397 e. The van der Waals surface area contributed by atoms with Crippen LogP contribution < -0.4 is 11.1 Å². The van der Waals surface area contributed by atoms with Crippen molar-refractivity contribution in [2.75, 3.05) is 11.9 Å². The van der Waals surface area contributed by atoms with Crippen molar-refractivity contribution in [1.82, 2.24) is 0 Å². The number of hydrogen-bond acceptors (Lipinski definition) is 6. The monoisotopic (exact) mass is 326 g/mol. The number of carbonyl (C=O) groups is 3. The number of carbonyl (C=O) groups excluding carboxylic acids is 3. The van der Waals surface area contributed by atoms with Gasteiger partial charge in [0, 0.05) is 11.3 Å². The van der Waals surface area contributed by atoms with Gasteiger partial charge in [-0.05, 0) is 26.3 Å². The lowest BCUT2D eigenvalue weighted by atomic mass is 9.93. The second kappa shape index (κ2) is 6.05. The zero-order valence-corrected chi connectivity index (χ0v) is 13.5. The third kappa shape index (κ3) is 3.28. The van der Waals surface area contributed by atoms with Crippen LogP contribution >= 0.6 is 11.3 Å². The normalized spacial score (nSPS) is 15.8. The minimum atomic E-state index is -0.999. The molecule has 1 aromatic rings. The quantitative estimate of drug-likeness (QED) is 0.641. The molecule has 1 aromatic heterocycles. The Bertz CT molecular complexity index is 635. The zero-order valence-electron chi connectivity index (χ0n) is 12.6. The van der Waals surface area contributed by atoms with Crippen molar-refractivity contribution in [3.63, 3.8) is 0 Å². The molecular formula is C14H18N2O5S. The molecule has 0 saturated heterocycles. The summed E-state index contributed by atoms with van der Waals surface area (Å²) in [6, 6.07) is 0. The molecular weight excluding hydrogens is 308 g/mol. The van der Waals surface area contributed by atoms with Gasteiger partial charge in [-0.1, -0.05) is 0 Å². The second-order valence-electron chi connectivity index (χ2n) is 5.47. The average molecular weight is 326 g/mol. The Labute approximate surface area is 131 Å². The summed E-state index contributed by atoms with van der Waals surface area (Å²) in [5.41, 5.74) is 6.04. The Morgan fingerprint density at radius 2 is 2.09 bits per heavy atom.